The Hall–Kier alpha value is -1.65. The van der Waals surface area contributed by atoms with Gasteiger partial charge in [0, 0.05) is 6.04 Å². The lowest BCUT2D eigenvalue weighted by Gasteiger charge is -2.41. The van der Waals surface area contributed by atoms with Crippen molar-refractivity contribution in [1.29, 1.82) is 0 Å². The van der Waals surface area contributed by atoms with Crippen molar-refractivity contribution >= 4 is 9.84 Å². The second-order valence-corrected chi connectivity index (χ2v) is 10.8. The first-order chi connectivity index (χ1) is 13.6. The molecule has 0 spiro atoms. The summed E-state index contributed by atoms with van der Waals surface area (Å²) in [6.07, 6.45) is 8.04. The van der Waals surface area contributed by atoms with E-state index in [0.717, 1.165) is 51.6 Å². The minimum Gasteiger partial charge on any atom is -0.300 e. The van der Waals surface area contributed by atoms with E-state index in [0.29, 0.717) is 10.9 Å². The molecule has 0 amide bonds. The topological polar surface area (TPSA) is 37.4 Å². The molecule has 1 saturated heterocycles. The Morgan fingerprint density at radius 1 is 0.929 bits per heavy atom. The molecule has 1 saturated carbocycles. The summed E-state index contributed by atoms with van der Waals surface area (Å²) >= 11 is 0. The van der Waals surface area contributed by atoms with Crippen molar-refractivity contribution in [2.75, 3.05) is 13.1 Å². The molecule has 4 rings (SSSR count). The van der Waals surface area contributed by atoms with Crippen molar-refractivity contribution in [3.05, 3.63) is 66.2 Å². The third-order valence-electron chi connectivity index (χ3n) is 6.78. The molecule has 2 aliphatic rings. The molecule has 28 heavy (non-hydrogen) atoms. The van der Waals surface area contributed by atoms with Crippen LogP contribution in [-0.2, 0) is 16.3 Å². The van der Waals surface area contributed by atoms with E-state index in [1.807, 2.05) is 18.2 Å². The summed E-state index contributed by atoms with van der Waals surface area (Å²) in [6.45, 7) is 2.17. The summed E-state index contributed by atoms with van der Waals surface area (Å²) in [4.78, 5) is 3.09. The van der Waals surface area contributed by atoms with Crippen molar-refractivity contribution in [2.45, 2.75) is 67.1 Å². The number of benzene rings is 2. The lowest BCUT2D eigenvalue weighted by Crippen LogP contribution is -2.46. The maximum absolute atomic E-state index is 13.3. The summed E-state index contributed by atoms with van der Waals surface area (Å²) in [5.41, 5.74) is 1.40. The highest BCUT2D eigenvalue weighted by Gasteiger charge is 2.48. The van der Waals surface area contributed by atoms with E-state index in [2.05, 4.69) is 35.2 Å². The third kappa shape index (κ3) is 3.90. The Bertz CT molecular complexity index is 860. The molecule has 0 radical (unpaired) electrons. The fourth-order valence-corrected chi connectivity index (χ4v) is 7.24. The summed E-state index contributed by atoms with van der Waals surface area (Å²) in [5.74, 6) is 0. The SMILES string of the molecule is O=S(=O)(c1ccccc1)C1(CCCN2CCCC2Cc2ccccc2)CCC1. The third-order valence-corrected chi connectivity index (χ3v) is 9.42. The smallest absolute Gasteiger partial charge is 0.184 e. The molecule has 0 bridgehead atoms. The Balaban J connectivity index is 1.37. The molecule has 2 fully saturated rings. The number of likely N-dealkylation sites (tertiary alicyclic amines) is 1. The highest BCUT2D eigenvalue weighted by Crippen LogP contribution is 2.46. The van der Waals surface area contributed by atoms with Crippen LogP contribution in [0.4, 0.5) is 0 Å². The van der Waals surface area contributed by atoms with Gasteiger partial charge in [-0.3, -0.25) is 0 Å². The van der Waals surface area contributed by atoms with Crippen molar-refractivity contribution in [3.63, 3.8) is 0 Å². The average molecular weight is 398 g/mol. The van der Waals surface area contributed by atoms with Gasteiger partial charge in [-0.05, 0) is 75.7 Å². The van der Waals surface area contributed by atoms with E-state index in [1.165, 1.54) is 18.4 Å². The van der Waals surface area contributed by atoms with Gasteiger partial charge >= 0.3 is 0 Å². The van der Waals surface area contributed by atoms with Crippen molar-refractivity contribution < 1.29 is 8.42 Å². The number of nitrogens with zero attached hydrogens (tertiary/aromatic N) is 1. The number of hydrogen-bond donors (Lipinski definition) is 0. The molecule has 2 aromatic rings. The van der Waals surface area contributed by atoms with E-state index < -0.39 is 14.6 Å². The molecular formula is C24H31NO2S. The second kappa shape index (κ2) is 8.38. The number of hydrogen-bond acceptors (Lipinski definition) is 3. The van der Waals surface area contributed by atoms with Crippen LogP contribution in [0.15, 0.2) is 65.6 Å². The van der Waals surface area contributed by atoms with Gasteiger partial charge in [0.25, 0.3) is 0 Å². The normalized spacial score (nSPS) is 22.1. The Morgan fingerprint density at radius 2 is 1.61 bits per heavy atom. The van der Waals surface area contributed by atoms with Gasteiger partial charge in [-0.2, -0.15) is 0 Å². The summed E-state index contributed by atoms with van der Waals surface area (Å²) < 4.78 is 26.0. The van der Waals surface area contributed by atoms with Crippen LogP contribution in [0.2, 0.25) is 0 Å². The predicted molar refractivity (Wildman–Crippen MR) is 114 cm³/mol. The zero-order chi connectivity index (χ0) is 19.5. The van der Waals surface area contributed by atoms with Crippen molar-refractivity contribution in [2.24, 2.45) is 0 Å². The fourth-order valence-electron chi connectivity index (χ4n) is 4.99. The van der Waals surface area contributed by atoms with Crippen LogP contribution in [0.5, 0.6) is 0 Å². The van der Waals surface area contributed by atoms with Crippen LogP contribution in [0.3, 0.4) is 0 Å². The molecule has 1 aliphatic heterocycles. The first-order valence-corrected chi connectivity index (χ1v) is 12.2. The molecule has 0 N–H and O–H groups in total. The highest BCUT2D eigenvalue weighted by atomic mass is 32.2. The lowest BCUT2D eigenvalue weighted by molar-refractivity contribution is 0.229. The van der Waals surface area contributed by atoms with E-state index >= 15 is 0 Å². The fraction of sp³-hybridized carbons (Fsp3) is 0.500. The van der Waals surface area contributed by atoms with Crippen LogP contribution >= 0.6 is 0 Å². The quantitative estimate of drug-likeness (QED) is 0.638. The molecule has 4 heteroatoms. The standard InChI is InChI=1S/C24H31NO2S/c26-28(27,23-13-5-2-6-14-23)24(15-8-16-24)17-9-19-25-18-7-12-22(25)20-21-10-3-1-4-11-21/h1-6,10-11,13-14,22H,7-9,12,15-20H2. The van der Waals surface area contributed by atoms with Crippen molar-refractivity contribution in [3.8, 4) is 0 Å². The van der Waals surface area contributed by atoms with Crippen LogP contribution in [0.1, 0.15) is 50.5 Å². The Kier molecular flexibility index (Phi) is 5.88. The molecule has 1 unspecified atom stereocenters. The monoisotopic (exact) mass is 397 g/mol. The molecule has 3 nitrogen and oxygen atoms in total. The minimum atomic E-state index is -3.24. The Morgan fingerprint density at radius 3 is 2.25 bits per heavy atom. The second-order valence-electron chi connectivity index (χ2n) is 8.48. The van der Waals surface area contributed by atoms with Gasteiger partial charge in [-0.15, -0.1) is 0 Å². The number of sulfone groups is 1. The van der Waals surface area contributed by atoms with Gasteiger partial charge in [-0.1, -0.05) is 55.0 Å². The predicted octanol–water partition coefficient (Wildman–Crippen LogP) is 4.87. The van der Waals surface area contributed by atoms with Gasteiger partial charge in [0.05, 0.1) is 9.64 Å². The maximum Gasteiger partial charge on any atom is 0.184 e. The lowest BCUT2D eigenvalue weighted by atomic mass is 9.81. The summed E-state index contributed by atoms with van der Waals surface area (Å²) in [6, 6.07) is 20.4. The Labute approximate surface area is 169 Å². The van der Waals surface area contributed by atoms with Gasteiger partial charge in [0.15, 0.2) is 9.84 Å². The van der Waals surface area contributed by atoms with E-state index in [4.69, 9.17) is 0 Å². The molecule has 1 heterocycles. The maximum atomic E-state index is 13.3. The molecule has 1 aliphatic carbocycles. The van der Waals surface area contributed by atoms with Crippen LogP contribution in [-0.4, -0.2) is 37.2 Å². The molecule has 0 aromatic heterocycles. The summed E-state index contributed by atoms with van der Waals surface area (Å²) in [5, 5.41) is 0. The van der Waals surface area contributed by atoms with E-state index in [9.17, 15) is 8.42 Å². The number of rotatable bonds is 8. The zero-order valence-electron chi connectivity index (χ0n) is 16.6. The highest BCUT2D eigenvalue weighted by molar-refractivity contribution is 7.93. The van der Waals surface area contributed by atoms with Crippen molar-refractivity contribution in [1.82, 2.24) is 4.90 Å². The van der Waals surface area contributed by atoms with Crippen LogP contribution in [0, 0.1) is 0 Å². The van der Waals surface area contributed by atoms with Crippen LogP contribution < -0.4 is 0 Å². The molecule has 1 atom stereocenters. The van der Waals surface area contributed by atoms with Gasteiger partial charge < -0.3 is 4.90 Å². The average Bonchev–Trinajstić information content (AvgIpc) is 3.12. The van der Waals surface area contributed by atoms with E-state index in [1.54, 1.807) is 12.1 Å². The van der Waals surface area contributed by atoms with Gasteiger partial charge in [0.1, 0.15) is 0 Å². The minimum absolute atomic E-state index is 0.498. The largest absolute Gasteiger partial charge is 0.300 e. The van der Waals surface area contributed by atoms with Gasteiger partial charge in [0.2, 0.25) is 0 Å². The molecular weight excluding hydrogens is 366 g/mol. The first kappa shape index (κ1) is 19.7. The molecule has 2 aromatic carbocycles. The van der Waals surface area contributed by atoms with Crippen LogP contribution in [0.25, 0.3) is 0 Å². The zero-order valence-corrected chi connectivity index (χ0v) is 17.4. The summed E-state index contributed by atoms with van der Waals surface area (Å²) in [7, 11) is -3.24. The van der Waals surface area contributed by atoms with E-state index in [-0.39, 0.29) is 0 Å². The van der Waals surface area contributed by atoms with Gasteiger partial charge in [-0.25, -0.2) is 8.42 Å². The first-order valence-electron chi connectivity index (χ1n) is 10.7. The molecule has 150 valence electrons.